The van der Waals surface area contributed by atoms with Gasteiger partial charge in [-0.2, -0.15) is 0 Å². The Bertz CT molecular complexity index is 1040. The van der Waals surface area contributed by atoms with Gasteiger partial charge in [0.25, 0.3) is 0 Å². The Balaban J connectivity index is 1.50. The average molecular weight is 416 g/mol. The van der Waals surface area contributed by atoms with E-state index < -0.39 is 12.3 Å². The predicted molar refractivity (Wildman–Crippen MR) is 102 cm³/mol. The fourth-order valence-corrected chi connectivity index (χ4v) is 3.16. The molecule has 0 spiro atoms. The lowest BCUT2D eigenvalue weighted by Gasteiger charge is -2.15. The SMILES string of the molecule is O=C1OC(c2ccc(N3CCCC3=O)cc2)=NC1=Cc1ccc(OC(F)(F)F)cc1. The van der Waals surface area contributed by atoms with E-state index in [0.29, 0.717) is 24.1 Å². The minimum Gasteiger partial charge on any atom is -0.406 e. The lowest BCUT2D eigenvalue weighted by atomic mass is 10.2. The summed E-state index contributed by atoms with van der Waals surface area (Å²) in [6.07, 6.45) is -2.01. The Morgan fingerprint density at radius 3 is 2.33 bits per heavy atom. The maximum atomic E-state index is 12.2. The van der Waals surface area contributed by atoms with E-state index in [-0.39, 0.29) is 23.3 Å². The van der Waals surface area contributed by atoms with Gasteiger partial charge in [0.15, 0.2) is 5.70 Å². The number of carbonyl (C=O) groups is 2. The highest BCUT2D eigenvalue weighted by Crippen LogP contribution is 2.26. The van der Waals surface area contributed by atoms with Gasteiger partial charge in [-0.1, -0.05) is 12.1 Å². The van der Waals surface area contributed by atoms with Crippen molar-refractivity contribution in [2.24, 2.45) is 4.99 Å². The summed E-state index contributed by atoms with van der Waals surface area (Å²) in [5, 5.41) is 0. The molecule has 30 heavy (non-hydrogen) atoms. The molecule has 0 bridgehead atoms. The molecule has 0 atom stereocenters. The van der Waals surface area contributed by atoms with Crippen LogP contribution in [0.4, 0.5) is 18.9 Å². The van der Waals surface area contributed by atoms with Crippen molar-refractivity contribution in [3.63, 3.8) is 0 Å². The first-order valence-electron chi connectivity index (χ1n) is 9.08. The number of aliphatic imine (C=N–C) groups is 1. The summed E-state index contributed by atoms with van der Waals surface area (Å²) < 4.78 is 45.7. The van der Waals surface area contributed by atoms with Crippen LogP contribution in [0.15, 0.2) is 59.2 Å². The maximum absolute atomic E-state index is 12.2. The Labute approximate surface area is 169 Å². The second-order valence-electron chi connectivity index (χ2n) is 6.65. The topological polar surface area (TPSA) is 68.2 Å². The standard InChI is InChI=1S/C21H15F3N2O4/c22-21(23,24)30-16-9-3-13(4-10-16)12-17-20(28)29-19(25-17)14-5-7-15(8-6-14)26-11-1-2-18(26)27/h3-10,12H,1-2,11H2. The number of amides is 1. The molecule has 2 aromatic carbocycles. The summed E-state index contributed by atoms with van der Waals surface area (Å²) in [5.74, 6) is -0.842. The Morgan fingerprint density at radius 1 is 1.03 bits per heavy atom. The van der Waals surface area contributed by atoms with Crippen LogP contribution in [-0.4, -0.2) is 30.7 Å². The van der Waals surface area contributed by atoms with Gasteiger partial charge in [-0.25, -0.2) is 9.79 Å². The van der Waals surface area contributed by atoms with Crippen LogP contribution >= 0.6 is 0 Å². The van der Waals surface area contributed by atoms with Crippen LogP contribution in [0.2, 0.25) is 0 Å². The monoisotopic (exact) mass is 416 g/mol. The first-order chi connectivity index (χ1) is 14.3. The summed E-state index contributed by atoms with van der Waals surface area (Å²) in [5.41, 5.74) is 1.82. The highest BCUT2D eigenvalue weighted by atomic mass is 19.4. The lowest BCUT2D eigenvalue weighted by molar-refractivity contribution is -0.274. The van der Waals surface area contributed by atoms with Crippen LogP contribution in [0.25, 0.3) is 6.08 Å². The molecule has 0 aromatic heterocycles. The summed E-state index contributed by atoms with van der Waals surface area (Å²) in [6, 6.07) is 12.0. The third-order valence-corrected chi connectivity index (χ3v) is 4.54. The smallest absolute Gasteiger partial charge is 0.406 e. The van der Waals surface area contributed by atoms with E-state index in [2.05, 4.69) is 9.73 Å². The largest absolute Gasteiger partial charge is 0.573 e. The third kappa shape index (κ3) is 4.35. The molecule has 0 saturated carbocycles. The van der Waals surface area contributed by atoms with Crippen molar-refractivity contribution in [1.82, 2.24) is 0 Å². The molecule has 2 aliphatic rings. The van der Waals surface area contributed by atoms with Crippen LogP contribution < -0.4 is 9.64 Å². The molecule has 1 fully saturated rings. The predicted octanol–water partition coefficient (Wildman–Crippen LogP) is 4.06. The Hall–Kier alpha value is -3.62. The van der Waals surface area contributed by atoms with Gasteiger partial charge in [-0.05, 0) is 54.5 Å². The number of esters is 1. The zero-order valence-corrected chi connectivity index (χ0v) is 15.5. The third-order valence-electron chi connectivity index (χ3n) is 4.54. The summed E-state index contributed by atoms with van der Waals surface area (Å²) >= 11 is 0. The number of ether oxygens (including phenoxy) is 2. The molecule has 0 radical (unpaired) electrons. The molecular formula is C21H15F3N2O4. The highest BCUT2D eigenvalue weighted by Gasteiger charge is 2.31. The van der Waals surface area contributed by atoms with Gasteiger partial charge in [-0.3, -0.25) is 4.79 Å². The molecule has 1 amide bonds. The Morgan fingerprint density at radius 2 is 1.73 bits per heavy atom. The molecule has 1 saturated heterocycles. The summed E-state index contributed by atoms with van der Waals surface area (Å²) in [6.45, 7) is 0.674. The van der Waals surface area contributed by atoms with E-state index in [1.165, 1.54) is 18.2 Å². The fraction of sp³-hybridized carbons (Fsp3) is 0.190. The number of hydrogen-bond acceptors (Lipinski definition) is 5. The number of rotatable bonds is 4. The van der Waals surface area contributed by atoms with E-state index >= 15 is 0 Å². The van der Waals surface area contributed by atoms with Crippen LogP contribution in [0.5, 0.6) is 5.75 Å². The van der Waals surface area contributed by atoms with Crippen LogP contribution in [0.1, 0.15) is 24.0 Å². The van der Waals surface area contributed by atoms with Crippen LogP contribution in [0.3, 0.4) is 0 Å². The van der Waals surface area contributed by atoms with Gasteiger partial charge in [0.1, 0.15) is 5.75 Å². The molecular weight excluding hydrogens is 401 g/mol. The molecule has 154 valence electrons. The molecule has 0 aliphatic carbocycles. The van der Waals surface area contributed by atoms with Gasteiger partial charge in [0.05, 0.1) is 0 Å². The van der Waals surface area contributed by atoms with Crippen molar-refractivity contribution in [1.29, 1.82) is 0 Å². The molecule has 0 N–H and O–H groups in total. The first kappa shape index (κ1) is 19.7. The quantitative estimate of drug-likeness (QED) is 0.557. The number of nitrogens with zero attached hydrogens (tertiary/aromatic N) is 2. The molecule has 2 heterocycles. The number of alkyl halides is 3. The minimum absolute atomic E-state index is 0.0216. The second kappa shape index (κ2) is 7.66. The molecule has 9 heteroatoms. The van der Waals surface area contributed by atoms with Crippen molar-refractivity contribution in [3.8, 4) is 5.75 Å². The molecule has 4 rings (SSSR count). The zero-order chi connectivity index (χ0) is 21.3. The van der Waals surface area contributed by atoms with Crippen molar-refractivity contribution < 1.29 is 32.2 Å². The van der Waals surface area contributed by atoms with Crippen molar-refractivity contribution in [2.75, 3.05) is 11.4 Å². The van der Waals surface area contributed by atoms with E-state index in [1.807, 2.05) is 0 Å². The van der Waals surface area contributed by atoms with Crippen molar-refractivity contribution in [3.05, 3.63) is 65.4 Å². The zero-order valence-electron chi connectivity index (χ0n) is 15.5. The molecule has 2 aliphatic heterocycles. The number of benzene rings is 2. The maximum Gasteiger partial charge on any atom is 0.573 e. The van der Waals surface area contributed by atoms with Crippen molar-refractivity contribution >= 4 is 29.5 Å². The minimum atomic E-state index is -4.77. The summed E-state index contributed by atoms with van der Waals surface area (Å²) in [7, 11) is 0. The van der Waals surface area contributed by atoms with Gasteiger partial charge < -0.3 is 14.4 Å². The normalized spacial score (nSPS) is 18.0. The number of anilines is 1. The fourth-order valence-electron chi connectivity index (χ4n) is 3.16. The van der Waals surface area contributed by atoms with Gasteiger partial charge in [-0.15, -0.1) is 13.2 Å². The number of halogens is 3. The molecule has 6 nitrogen and oxygen atoms in total. The number of carbonyl (C=O) groups excluding carboxylic acids is 2. The molecule has 2 aromatic rings. The Kier molecular flexibility index (Phi) is 5.03. The van der Waals surface area contributed by atoms with Gasteiger partial charge >= 0.3 is 12.3 Å². The van der Waals surface area contributed by atoms with Crippen LogP contribution in [0, 0.1) is 0 Å². The number of cyclic esters (lactones) is 1. The van der Waals surface area contributed by atoms with Crippen LogP contribution in [-0.2, 0) is 14.3 Å². The lowest BCUT2D eigenvalue weighted by Crippen LogP contribution is -2.23. The van der Waals surface area contributed by atoms with E-state index in [4.69, 9.17) is 4.74 Å². The van der Waals surface area contributed by atoms with E-state index in [0.717, 1.165) is 24.2 Å². The molecule has 0 unspecified atom stereocenters. The highest BCUT2D eigenvalue weighted by molar-refractivity contribution is 6.13. The first-order valence-corrected chi connectivity index (χ1v) is 9.08. The van der Waals surface area contributed by atoms with Gasteiger partial charge in [0, 0.05) is 24.2 Å². The van der Waals surface area contributed by atoms with Gasteiger partial charge in [0.2, 0.25) is 11.8 Å². The van der Waals surface area contributed by atoms with E-state index in [9.17, 15) is 22.8 Å². The summed E-state index contributed by atoms with van der Waals surface area (Å²) in [4.78, 5) is 29.8. The number of hydrogen-bond donors (Lipinski definition) is 0. The van der Waals surface area contributed by atoms with E-state index in [1.54, 1.807) is 29.2 Å². The second-order valence-corrected chi connectivity index (χ2v) is 6.65. The average Bonchev–Trinajstić information content (AvgIpc) is 3.28. The van der Waals surface area contributed by atoms with Crippen molar-refractivity contribution in [2.45, 2.75) is 19.2 Å².